The predicted molar refractivity (Wildman–Crippen MR) is 75.7 cm³/mol. The highest BCUT2D eigenvalue weighted by Gasteiger charge is 2.36. The van der Waals surface area contributed by atoms with Crippen molar-refractivity contribution in [1.82, 2.24) is 5.32 Å². The summed E-state index contributed by atoms with van der Waals surface area (Å²) >= 11 is 0. The minimum absolute atomic E-state index is 0.135. The first-order valence-electron chi connectivity index (χ1n) is 6.56. The molecule has 4 nitrogen and oxygen atoms in total. The van der Waals surface area contributed by atoms with Gasteiger partial charge in [0, 0.05) is 6.54 Å². The molecule has 0 spiro atoms. The molecule has 0 saturated carbocycles. The molecule has 120 valence electrons. The van der Waals surface area contributed by atoms with Crippen molar-refractivity contribution in [2.45, 2.75) is 12.7 Å². The number of para-hydroxylation sites is 1. The Kier molecular flexibility index (Phi) is 5.00. The second kappa shape index (κ2) is 6.95. The summed E-state index contributed by atoms with van der Waals surface area (Å²) in [5, 5.41) is 2.49. The first-order valence-corrected chi connectivity index (χ1v) is 6.56. The number of alkyl halides is 3. The maximum absolute atomic E-state index is 12.9. The first-order chi connectivity index (χ1) is 10.9. The van der Waals surface area contributed by atoms with Crippen LogP contribution >= 0.6 is 0 Å². The summed E-state index contributed by atoms with van der Waals surface area (Å²) in [7, 11) is 0. The fourth-order valence-corrected chi connectivity index (χ4v) is 1.99. The van der Waals surface area contributed by atoms with Crippen LogP contribution in [0.2, 0.25) is 0 Å². The molecule has 0 unspecified atom stereocenters. The van der Waals surface area contributed by atoms with E-state index in [1.807, 2.05) is 0 Å². The van der Waals surface area contributed by atoms with E-state index in [9.17, 15) is 22.8 Å². The second-order valence-corrected chi connectivity index (χ2v) is 4.56. The predicted octanol–water partition coefficient (Wildman–Crippen LogP) is 3.17. The molecular weight excluding hydrogens is 311 g/mol. The number of carbonyl (C=O) groups is 2. The van der Waals surface area contributed by atoms with Crippen molar-refractivity contribution in [2.24, 2.45) is 0 Å². The minimum atomic E-state index is -4.74. The van der Waals surface area contributed by atoms with Crippen molar-refractivity contribution in [3.8, 4) is 5.75 Å². The number of carbonyl (C=O) groups excluding carboxylic acids is 2. The molecule has 0 heterocycles. The summed E-state index contributed by atoms with van der Waals surface area (Å²) in [6.45, 7) is -0.00496. The molecular formula is C16H12F3NO3. The Morgan fingerprint density at radius 3 is 2.39 bits per heavy atom. The van der Waals surface area contributed by atoms with Crippen molar-refractivity contribution in [3.63, 3.8) is 0 Å². The number of benzene rings is 2. The molecule has 0 saturated heterocycles. The van der Waals surface area contributed by atoms with Crippen molar-refractivity contribution in [2.75, 3.05) is 0 Å². The molecule has 2 aromatic carbocycles. The van der Waals surface area contributed by atoms with Gasteiger partial charge >= 0.3 is 6.18 Å². The number of amides is 1. The Morgan fingerprint density at radius 1 is 1.09 bits per heavy atom. The van der Waals surface area contributed by atoms with E-state index >= 15 is 0 Å². The number of hydrogen-bond donors (Lipinski definition) is 1. The van der Waals surface area contributed by atoms with Gasteiger partial charge in [0.2, 0.25) is 0 Å². The van der Waals surface area contributed by atoms with Crippen LogP contribution in [0.25, 0.3) is 0 Å². The van der Waals surface area contributed by atoms with Gasteiger partial charge in [-0.15, -0.1) is 0 Å². The summed E-state index contributed by atoms with van der Waals surface area (Å²) in [6.07, 6.45) is -4.74. The van der Waals surface area contributed by atoms with Gasteiger partial charge in [-0.3, -0.25) is 9.59 Å². The Hall–Kier alpha value is -2.83. The monoisotopic (exact) mass is 323 g/mol. The normalized spacial score (nSPS) is 10.9. The lowest BCUT2D eigenvalue weighted by molar-refractivity contribution is -0.139. The molecule has 23 heavy (non-hydrogen) atoms. The van der Waals surface area contributed by atoms with E-state index in [1.165, 1.54) is 0 Å². The van der Waals surface area contributed by atoms with Crippen LogP contribution in [0.3, 0.4) is 0 Å². The fraction of sp³-hybridized carbons (Fsp3) is 0.125. The van der Waals surface area contributed by atoms with Gasteiger partial charge in [-0.05, 0) is 17.7 Å². The zero-order valence-corrected chi connectivity index (χ0v) is 11.8. The molecule has 0 aliphatic carbocycles. The van der Waals surface area contributed by atoms with E-state index in [2.05, 4.69) is 10.1 Å². The molecule has 2 rings (SSSR count). The topological polar surface area (TPSA) is 55.4 Å². The number of nitrogens with one attached hydrogen (secondary N) is 1. The van der Waals surface area contributed by atoms with Gasteiger partial charge in [0.05, 0.1) is 11.1 Å². The molecule has 1 amide bonds. The Labute approximate surface area is 129 Å². The van der Waals surface area contributed by atoms with Gasteiger partial charge in [-0.2, -0.15) is 13.2 Å². The summed E-state index contributed by atoms with van der Waals surface area (Å²) in [6, 6.07) is 11.8. The third kappa shape index (κ3) is 4.09. The van der Waals surface area contributed by atoms with Crippen LogP contribution in [-0.4, -0.2) is 12.4 Å². The summed E-state index contributed by atoms with van der Waals surface area (Å²) in [4.78, 5) is 22.6. The van der Waals surface area contributed by atoms with Gasteiger partial charge in [0.1, 0.15) is 0 Å². The van der Waals surface area contributed by atoms with Crippen molar-refractivity contribution in [1.29, 1.82) is 0 Å². The quantitative estimate of drug-likeness (QED) is 0.860. The molecule has 0 fully saturated rings. The molecule has 7 heteroatoms. The van der Waals surface area contributed by atoms with E-state index in [4.69, 9.17) is 0 Å². The van der Waals surface area contributed by atoms with Gasteiger partial charge < -0.3 is 10.1 Å². The third-order valence-corrected chi connectivity index (χ3v) is 3.03. The maximum atomic E-state index is 12.9. The van der Waals surface area contributed by atoms with Crippen LogP contribution in [0.1, 0.15) is 21.5 Å². The van der Waals surface area contributed by atoms with Gasteiger partial charge in [0.15, 0.2) is 5.75 Å². The lowest BCUT2D eigenvalue weighted by atomic mass is 10.1. The second-order valence-electron chi connectivity index (χ2n) is 4.56. The number of ether oxygens (including phenoxy) is 1. The van der Waals surface area contributed by atoms with Crippen molar-refractivity contribution in [3.05, 3.63) is 65.2 Å². The molecule has 0 atom stereocenters. The SMILES string of the molecule is O=COc1c(C(=O)NCc2ccccc2)cccc1C(F)(F)F. The van der Waals surface area contributed by atoms with Crippen LogP contribution in [0, 0.1) is 0 Å². The summed E-state index contributed by atoms with van der Waals surface area (Å²) in [5.74, 6) is -1.57. The Balaban J connectivity index is 2.27. The average Bonchev–Trinajstić information content (AvgIpc) is 2.53. The average molecular weight is 323 g/mol. The lowest BCUT2D eigenvalue weighted by Gasteiger charge is -2.14. The van der Waals surface area contributed by atoms with Gasteiger partial charge in [-0.25, -0.2) is 0 Å². The molecule has 0 radical (unpaired) electrons. The molecule has 1 N–H and O–H groups in total. The molecule has 2 aromatic rings. The van der Waals surface area contributed by atoms with Gasteiger partial charge in [-0.1, -0.05) is 36.4 Å². The first kappa shape index (κ1) is 16.5. The van der Waals surface area contributed by atoms with Crippen LogP contribution in [0.15, 0.2) is 48.5 Å². The number of halogens is 3. The van der Waals surface area contributed by atoms with E-state index in [0.29, 0.717) is 0 Å². The molecule has 0 bridgehead atoms. The van der Waals surface area contributed by atoms with E-state index in [-0.39, 0.29) is 18.6 Å². The van der Waals surface area contributed by atoms with Crippen LogP contribution in [-0.2, 0) is 17.5 Å². The number of rotatable bonds is 5. The highest BCUT2D eigenvalue weighted by atomic mass is 19.4. The van der Waals surface area contributed by atoms with E-state index in [0.717, 1.165) is 23.8 Å². The highest BCUT2D eigenvalue weighted by Crippen LogP contribution is 2.38. The smallest absolute Gasteiger partial charge is 0.420 e. The summed E-state index contributed by atoms with van der Waals surface area (Å²) in [5.41, 5.74) is -0.759. The van der Waals surface area contributed by atoms with Crippen LogP contribution < -0.4 is 10.1 Å². The van der Waals surface area contributed by atoms with Gasteiger partial charge in [0.25, 0.3) is 12.4 Å². The third-order valence-electron chi connectivity index (χ3n) is 3.03. The summed E-state index contributed by atoms with van der Waals surface area (Å²) < 4.78 is 43.2. The van der Waals surface area contributed by atoms with Crippen molar-refractivity contribution < 1.29 is 27.5 Å². The van der Waals surface area contributed by atoms with E-state index < -0.39 is 23.4 Å². The lowest BCUT2D eigenvalue weighted by Crippen LogP contribution is -2.24. The molecule has 0 aliphatic heterocycles. The van der Waals surface area contributed by atoms with E-state index in [1.54, 1.807) is 30.3 Å². The van der Waals surface area contributed by atoms with Crippen molar-refractivity contribution >= 4 is 12.4 Å². The maximum Gasteiger partial charge on any atom is 0.420 e. The molecule has 0 aromatic heterocycles. The zero-order valence-electron chi connectivity index (χ0n) is 11.8. The zero-order chi connectivity index (χ0) is 16.9. The van der Waals surface area contributed by atoms with Crippen LogP contribution in [0.4, 0.5) is 13.2 Å². The fourth-order valence-electron chi connectivity index (χ4n) is 1.99. The largest absolute Gasteiger partial charge is 0.427 e. The molecule has 0 aliphatic rings. The Morgan fingerprint density at radius 2 is 1.78 bits per heavy atom. The number of hydrogen-bond acceptors (Lipinski definition) is 3. The highest BCUT2D eigenvalue weighted by molar-refractivity contribution is 5.97. The Bertz CT molecular complexity index is 699. The van der Waals surface area contributed by atoms with Crippen LogP contribution in [0.5, 0.6) is 5.75 Å². The standard InChI is InChI=1S/C16H12F3NO3/c17-16(18,19)13-8-4-7-12(14(13)23-10-21)15(22)20-9-11-5-2-1-3-6-11/h1-8,10H,9H2,(H,20,22). The minimum Gasteiger partial charge on any atom is -0.427 e.